The van der Waals surface area contributed by atoms with Crippen LogP contribution in [0.15, 0.2) is 35.4 Å². The molecule has 2 rings (SSSR count). The average Bonchev–Trinajstić information content (AvgIpc) is 3.22. The Balaban J connectivity index is 1.40. The van der Waals surface area contributed by atoms with Gasteiger partial charge in [-0.3, -0.25) is 9.59 Å². The van der Waals surface area contributed by atoms with Crippen molar-refractivity contribution in [2.75, 3.05) is 0 Å². The highest BCUT2D eigenvalue weighted by Crippen LogP contribution is 2.32. The van der Waals surface area contributed by atoms with Gasteiger partial charge in [0.2, 0.25) is 0 Å². The first-order chi connectivity index (χ1) is 30.1. The Hall–Kier alpha value is -1.70. The van der Waals surface area contributed by atoms with Crippen LogP contribution in [0.2, 0.25) is 0 Å². The van der Waals surface area contributed by atoms with E-state index in [1.54, 1.807) is 12.1 Å². The minimum absolute atomic E-state index is 0.0289. The second-order valence-corrected chi connectivity index (χ2v) is 23.6. The highest BCUT2D eigenvalue weighted by molar-refractivity contribution is 6.26. The molecule has 364 valence electrons. The zero-order chi connectivity index (χ0) is 46.6. The molecule has 0 aromatic heterocycles. The van der Waals surface area contributed by atoms with Crippen LogP contribution in [0.1, 0.15) is 290 Å². The zero-order valence-corrected chi connectivity index (χ0v) is 44.4. The molecule has 1 aromatic carbocycles. The van der Waals surface area contributed by atoms with Crippen LogP contribution in [0.3, 0.4) is 0 Å². The molecule has 0 radical (unpaired) electrons. The van der Waals surface area contributed by atoms with Gasteiger partial charge in [0, 0.05) is 22.3 Å². The van der Waals surface area contributed by atoms with E-state index in [2.05, 4.69) is 76.2 Å². The summed E-state index contributed by atoms with van der Waals surface area (Å²) in [5, 5.41) is 0. The molecule has 0 bridgehead atoms. The molecule has 63 heavy (non-hydrogen) atoms. The van der Waals surface area contributed by atoms with Gasteiger partial charge in [0.05, 0.1) is 0 Å². The molecule has 9 atom stereocenters. The van der Waals surface area contributed by atoms with Crippen molar-refractivity contribution in [2.45, 2.75) is 269 Å². The third-order valence-electron chi connectivity index (χ3n) is 16.0. The molecule has 1 aliphatic carbocycles. The van der Waals surface area contributed by atoms with Crippen LogP contribution >= 0.6 is 0 Å². The molecule has 0 saturated heterocycles. The van der Waals surface area contributed by atoms with Gasteiger partial charge in [-0.25, -0.2) is 0 Å². The van der Waals surface area contributed by atoms with Gasteiger partial charge in [-0.2, -0.15) is 0 Å². The Morgan fingerprint density at radius 2 is 0.540 bits per heavy atom. The number of carbonyl (C=O) groups excluding carboxylic acids is 2. The van der Waals surface area contributed by atoms with Crippen LogP contribution in [0, 0.1) is 59.2 Å². The minimum atomic E-state index is 0.0289. The van der Waals surface area contributed by atoms with E-state index in [1.807, 2.05) is 19.1 Å². The molecule has 9 unspecified atom stereocenters. The fourth-order valence-corrected chi connectivity index (χ4v) is 10.9. The first-order valence-electron chi connectivity index (χ1n) is 27.9. The van der Waals surface area contributed by atoms with Crippen LogP contribution in [0.4, 0.5) is 0 Å². The zero-order valence-electron chi connectivity index (χ0n) is 44.4. The molecule has 0 amide bonds. The predicted octanol–water partition coefficient (Wildman–Crippen LogP) is 20.1. The quantitative estimate of drug-likeness (QED) is 0.0660. The highest BCUT2D eigenvalue weighted by Gasteiger charge is 2.29. The van der Waals surface area contributed by atoms with Gasteiger partial charge >= 0.3 is 0 Å². The van der Waals surface area contributed by atoms with E-state index in [-0.39, 0.29) is 11.6 Å². The van der Waals surface area contributed by atoms with Crippen molar-refractivity contribution in [3.05, 3.63) is 46.5 Å². The average molecular weight is 874 g/mol. The van der Waals surface area contributed by atoms with Crippen molar-refractivity contribution in [3.8, 4) is 0 Å². The normalized spacial score (nSPS) is 17.7. The van der Waals surface area contributed by atoms with Crippen molar-refractivity contribution in [1.29, 1.82) is 0 Å². The molecule has 0 saturated carbocycles. The van der Waals surface area contributed by atoms with Crippen molar-refractivity contribution in [2.24, 2.45) is 59.2 Å². The van der Waals surface area contributed by atoms with E-state index in [1.165, 1.54) is 173 Å². The van der Waals surface area contributed by atoms with E-state index < -0.39 is 0 Å². The van der Waals surface area contributed by atoms with E-state index in [0.717, 1.165) is 71.7 Å². The number of carbonyl (C=O) groups is 2. The van der Waals surface area contributed by atoms with Gasteiger partial charge in [-0.05, 0) is 78.9 Å². The molecular weight excluding hydrogens is 765 g/mol. The Kier molecular flexibility index (Phi) is 30.7. The molecule has 1 aliphatic rings. The first-order valence-corrected chi connectivity index (χ1v) is 27.9. The molecule has 2 heteroatoms. The van der Waals surface area contributed by atoms with Gasteiger partial charge in [-0.1, -0.05) is 274 Å². The number of ketones is 2. The summed E-state index contributed by atoms with van der Waals surface area (Å²) >= 11 is 0. The van der Waals surface area contributed by atoms with Gasteiger partial charge < -0.3 is 0 Å². The topological polar surface area (TPSA) is 34.1 Å². The number of allylic oxidation sites excluding steroid dienone is 2. The maximum atomic E-state index is 13.1. The number of benzene rings is 1. The number of Topliss-reactive ketones (excluding diaryl/α,β-unsaturated/α-hetero) is 2. The summed E-state index contributed by atoms with van der Waals surface area (Å²) in [6.07, 6.45) is 39.6. The molecule has 0 heterocycles. The first kappa shape index (κ1) is 57.4. The summed E-state index contributed by atoms with van der Waals surface area (Å²) in [5.41, 5.74) is 2.56. The summed E-state index contributed by atoms with van der Waals surface area (Å²) in [6, 6.07) is 7.30. The fraction of sp³-hybridized carbons (Fsp3) is 0.836. The summed E-state index contributed by atoms with van der Waals surface area (Å²) in [4.78, 5) is 25.9. The van der Waals surface area contributed by atoms with Gasteiger partial charge in [0.25, 0.3) is 0 Å². The Morgan fingerprint density at radius 1 is 0.317 bits per heavy atom. The molecule has 0 N–H and O–H groups in total. The summed E-state index contributed by atoms with van der Waals surface area (Å²) < 4.78 is 0. The lowest BCUT2D eigenvalue weighted by Gasteiger charge is -2.20. The van der Waals surface area contributed by atoms with Crippen LogP contribution in [-0.4, -0.2) is 11.6 Å². The monoisotopic (exact) mass is 873 g/mol. The van der Waals surface area contributed by atoms with Gasteiger partial charge in [0.15, 0.2) is 11.6 Å². The maximum absolute atomic E-state index is 13.1. The molecule has 0 fully saturated rings. The number of fused-ring (bicyclic) bond motifs is 1. The van der Waals surface area contributed by atoms with Crippen LogP contribution in [-0.2, 0) is 0 Å². The Morgan fingerprint density at radius 3 is 0.794 bits per heavy atom. The number of hydrogen-bond acceptors (Lipinski definition) is 2. The van der Waals surface area contributed by atoms with Crippen molar-refractivity contribution in [1.82, 2.24) is 0 Å². The van der Waals surface area contributed by atoms with Crippen molar-refractivity contribution in [3.63, 3.8) is 0 Å². The third-order valence-corrected chi connectivity index (χ3v) is 16.0. The predicted molar refractivity (Wildman–Crippen MR) is 279 cm³/mol. The number of rotatable bonds is 39. The van der Waals surface area contributed by atoms with Gasteiger partial charge in [-0.15, -0.1) is 0 Å². The van der Waals surface area contributed by atoms with Crippen LogP contribution in [0.5, 0.6) is 0 Å². The summed E-state index contributed by atoms with van der Waals surface area (Å²) in [6.45, 7) is 28.8. The molecular formula is C61H108O2. The summed E-state index contributed by atoms with van der Waals surface area (Å²) in [7, 11) is 0. The second-order valence-electron chi connectivity index (χ2n) is 23.6. The third kappa shape index (κ3) is 26.3. The van der Waals surface area contributed by atoms with Crippen LogP contribution in [0.25, 0.3) is 0 Å². The maximum Gasteiger partial charge on any atom is 0.190 e. The largest absolute Gasteiger partial charge is 0.289 e. The molecule has 2 nitrogen and oxygen atoms in total. The lowest BCUT2D eigenvalue weighted by Crippen LogP contribution is -2.21. The molecule has 0 spiro atoms. The van der Waals surface area contributed by atoms with E-state index in [4.69, 9.17) is 0 Å². The Bertz CT molecular complexity index is 1370. The lowest BCUT2D eigenvalue weighted by atomic mass is 9.81. The minimum Gasteiger partial charge on any atom is -0.289 e. The Labute approximate surface area is 394 Å². The smallest absolute Gasteiger partial charge is 0.190 e. The standard InChI is InChI=1S/C61H108O2/c1-46(2)24-15-25-47(3)26-16-27-48(4)28-17-29-49(5)30-18-31-50(6)32-19-33-51(7)34-20-35-52(8)36-21-37-53(9)38-22-39-54(10)40-23-41-55(11)44-45-57-56(12)60(62)58-42-13-14-43-59(58)61(57)63/h13-14,42-43,46-55H,15-41,44-45H2,1-12H3. The molecule has 1 aromatic rings. The second kappa shape index (κ2) is 33.7. The molecule has 0 aliphatic heterocycles. The lowest BCUT2D eigenvalue weighted by molar-refractivity contribution is 0.0971. The number of hydrogen-bond donors (Lipinski definition) is 0. The van der Waals surface area contributed by atoms with Crippen LogP contribution < -0.4 is 0 Å². The van der Waals surface area contributed by atoms with E-state index in [0.29, 0.717) is 22.6 Å². The van der Waals surface area contributed by atoms with E-state index >= 15 is 0 Å². The fourth-order valence-electron chi connectivity index (χ4n) is 10.9. The van der Waals surface area contributed by atoms with Crippen molar-refractivity contribution < 1.29 is 9.59 Å². The SMILES string of the molecule is CC1=C(CCC(C)CCCC(C)CCCC(C)CCCC(C)CCCC(C)CCCC(C)CCCC(C)CCCC(C)CCCC(C)CCCC(C)C)C(=O)c2ccccc2C1=O. The van der Waals surface area contributed by atoms with Gasteiger partial charge in [0.1, 0.15) is 0 Å². The summed E-state index contributed by atoms with van der Waals surface area (Å²) in [5.74, 6) is 8.59. The van der Waals surface area contributed by atoms with Crippen molar-refractivity contribution >= 4 is 11.6 Å². The van der Waals surface area contributed by atoms with E-state index in [9.17, 15) is 9.59 Å². The highest BCUT2D eigenvalue weighted by atomic mass is 16.1.